The molecule has 0 bridgehead atoms. The van der Waals surface area contributed by atoms with E-state index in [1.807, 2.05) is 32.0 Å². The molecule has 0 atom stereocenters. The first kappa shape index (κ1) is 14.7. The number of ether oxygens (including phenoxy) is 3. The first-order valence-electron chi connectivity index (χ1n) is 6.51. The summed E-state index contributed by atoms with van der Waals surface area (Å²) in [7, 11) is 1.52. The molecule has 0 saturated carbocycles. The van der Waals surface area contributed by atoms with E-state index < -0.39 is 0 Å². The van der Waals surface area contributed by atoms with Crippen LogP contribution >= 0.6 is 0 Å². The van der Waals surface area contributed by atoms with E-state index in [4.69, 9.17) is 19.5 Å². The molecule has 108 valence electrons. The van der Waals surface area contributed by atoms with Crippen molar-refractivity contribution in [1.29, 1.82) is 5.26 Å². The molecule has 1 heterocycles. The van der Waals surface area contributed by atoms with Crippen LogP contribution in [0.2, 0.25) is 0 Å². The normalized spacial score (nSPS) is 10.0. The molecule has 0 amide bonds. The SMILES string of the molecule is COc1cc(C#N)ncc1Oc1ccc(OC(C)C)cc1. The van der Waals surface area contributed by atoms with Crippen LogP contribution in [-0.4, -0.2) is 18.2 Å². The van der Waals surface area contributed by atoms with Crippen LogP contribution in [0, 0.1) is 11.3 Å². The van der Waals surface area contributed by atoms with Gasteiger partial charge < -0.3 is 14.2 Å². The Morgan fingerprint density at radius 1 is 1.10 bits per heavy atom. The van der Waals surface area contributed by atoms with Crippen LogP contribution in [0.1, 0.15) is 19.5 Å². The van der Waals surface area contributed by atoms with E-state index in [1.54, 1.807) is 12.1 Å². The van der Waals surface area contributed by atoms with Gasteiger partial charge in [0.2, 0.25) is 0 Å². The molecule has 0 unspecified atom stereocenters. The van der Waals surface area contributed by atoms with Gasteiger partial charge >= 0.3 is 0 Å². The Hall–Kier alpha value is -2.74. The monoisotopic (exact) mass is 284 g/mol. The van der Waals surface area contributed by atoms with Gasteiger partial charge in [0.05, 0.1) is 19.4 Å². The van der Waals surface area contributed by atoms with Crippen molar-refractivity contribution in [1.82, 2.24) is 4.98 Å². The van der Waals surface area contributed by atoms with Crippen molar-refractivity contribution in [3.63, 3.8) is 0 Å². The second kappa shape index (κ2) is 6.62. The lowest BCUT2D eigenvalue weighted by Crippen LogP contribution is -2.05. The van der Waals surface area contributed by atoms with Gasteiger partial charge in [-0.05, 0) is 38.1 Å². The van der Waals surface area contributed by atoms with Crippen molar-refractivity contribution in [3.8, 4) is 29.1 Å². The van der Waals surface area contributed by atoms with E-state index in [0.717, 1.165) is 5.75 Å². The van der Waals surface area contributed by atoms with Crippen LogP contribution in [0.25, 0.3) is 0 Å². The van der Waals surface area contributed by atoms with Crippen LogP contribution in [0.15, 0.2) is 36.5 Å². The number of rotatable bonds is 5. The molecule has 0 aliphatic carbocycles. The third-order valence-electron chi connectivity index (χ3n) is 2.59. The second-order valence-electron chi connectivity index (χ2n) is 4.57. The number of methoxy groups -OCH3 is 1. The van der Waals surface area contributed by atoms with Crippen LogP contribution in [0.3, 0.4) is 0 Å². The number of nitrogens with zero attached hydrogens (tertiary/aromatic N) is 2. The fourth-order valence-electron chi connectivity index (χ4n) is 1.71. The van der Waals surface area contributed by atoms with Gasteiger partial charge in [-0.25, -0.2) is 4.98 Å². The summed E-state index contributed by atoms with van der Waals surface area (Å²) in [6, 6.07) is 10.8. The van der Waals surface area contributed by atoms with E-state index in [0.29, 0.717) is 17.2 Å². The van der Waals surface area contributed by atoms with E-state index in [9.17, 15) is 0 Å². The smallest absolute Gasteiger partial charge is 0.187 e. The predicted molar refractivity (Wildman–Crippen MR) is 77.8 cm³/mol. The number of aromatic nitrogens is 1. The zero-order valence-electron chi connectivity index (χ0n) is 12.2. The summed E-state index contributed by atoms with van der Waals surface area (Å²) in [6.45, 7) is 3.94. The number of pyridine rings is 1. The summed E-state index contributed by atoms with van der Waals surface area (Å²) in [5, 5.41) is 8.82. The molecule has 0 radical (unpaired) electrons. The zero-order valence-corrected chi connectivity index (χ0v) is 12.2. The summed E-state index contributed by atoms with van der Waals surface area (Å²) < 4.78 is 16.5. The molecule has 2 aromatic rings. The number of benzene rings is 1. The summed E-state index contributed by atoms with van der Waals surface area (Å²) >= 11 is 0. The Kier molecular flexibility index (Phi) is 4.62. The lowest BCUT2D eigenvalue weighted by molar-refractivity contribution is 0.242. The lowest BCUT2D eigenvalue weighted by atomic mass is 10.3. The molecule has 0 aliphatic heterocycles. The molecule has 5 heteroatoms. The minimum Gasteiger partial charge on any atom is -0.493 e. The van der Waals surface area contributed by atoms with Crippen molar-refractivity contribution >= 4 is 0 Å². The van der Waals surface area contributed by atoms with Crippen molar-refractivity contribution in [2.24, 2.45) is 0 Å². The highest BCUT2D eigenvalue weighted by Gasteiger charge is 2.08. The molecular weight excluding hydrogens is 268 g/mol. The Bertz CT molecular complexity index is 646. The van der Waals surface area contributed by atoms with Gasteiger partial charge in [-0.3, -0.25) is 0 Å². The summed E-state index contributed by atoms with van der Waals surface area (Å²) in [5.74, 6) is 2.33. The first-order chi connectivity index (χ1) is 10.1. The second-order valence-corrected chi connectivity index (χ2v) is 4.57. The first-order valence-corrected chi connectivity index (χ1v) is 6.51. The Morgan fingerprint density at radius 2 is 1.76 bits per heavy atom. The average molecular weight is 284 g/mol. The number of nitriles is 1. The molecule has 21 heavy (non-hydrogen) atoms. The lowest BCUT2D eigenvalue weighted by Gasteiger charge is -2.12. The minimum atomic E-state index is 0.125. The molecule has 0 N–H and O–H groups in total. The summed E-state index contributed by atoms with van der Waals surface area (Å²) in [5.41, 5.74) is 0.278. The maximum absolute atomic E-state index is 8.82. The quantitative estimate of drug-likeness (QED) is 0.840. The number of hydrogen-bond donors (Lipinski definition) is 0. The van der Waals surface area contributed by atoms with Crippen molar-refractivity contribution < 1.29 is 14.2 Å². The minimum absolute atomic E-state index is 0.125. The molecule has 0 saturated heterocycles. The third-order valence-corrected chi connectivity index (χ3v) is 2.59. The standard InChI is InChI=1S/C16H16N2O3/c1-11(2)20-13-4-6-14(7-5-13)21-16-10-18-12(9-17)8-15(16)19-3/h4-8,10-11H,1-3H3. The van der Waals surface area contributed by atoms with Crippen LogP contribution in [0.4, 0.5) is 0 Å². The fourth-order valence-corrected chi connectivity index (χ4v) is 1.71. The van der Waals surface area contributed by atoms with Gasteiger partial charge in [-0.15, -0.1) is 0 Å². The molecular formula is C16H16N2O3. The van der Waals surface area contributed by atoms with Crippen molar-refractivity contribution in [2.45, 2.75) is 20.0 Å². The Morgan fingerprint density at radius 3 is 2.33 bits per heavy atom. The van der Waals surface area contributed by atoms with E-state index in [1.165, 1.54) is 19.4 Å². The molecule has 5 nitrogen and oxygen atoms in total. The molecule has 1 aromatic carbocycles. The highest BCUT2D eigenvalue weighted by molar-refractivity contribution is 5.45. The Balaban J connectivity index is 2.16. The van der Waals surface area contributed by atoms with E-state index >= 15 is 0 Å². The highest BCUT2D eigenvalue weighted by atomic mass is 16.5. The predicted octanol–water partition coefficient (Wildman–Crippen LogP) is 3.54. The topological polar surface area (TPSA) is 64.4 Å². The molecule has 0 aliphatic rings. The van der Waals surface area contributed by atoms with Crippen LogP contribution in [-0.2, 0) is 0 Å². The van der Waals surface area contributed by atoms with Crippen LogP contribution < -0.4 is 14.2 Å². The van der Waals surface area contributed by atoms with Crippen molar-refractivity contribution in [2.75, 3.05) is 7.11 Å². The van der Waals surface area contributed by atoms with Gasteiger partial charge in [0.1, 0.15) is 23.3 Å². The van der Waals surface area contributed by atoms with E-state index in [2.05, 4.69) is 4.98 Å². The molecule has 2 rings (SSSR count). The molecule has 1 aromatic heterocycles. The Labute approximate surface area is 123 Å². The zero-order chi connectivity index (χ0) is 15.2. The largest absolute Gasteiger partial charge is 0.493 e. The number of hydrogen-bond acceptors (Lipinski definition) is 5. The van der Waals surface area contributed by atoms with Crippen LogP contribution in [0.5, 0.6) is 23.0 Å². The summed E-state index contributed by atoms with van der Waals surface area (Å²) in [4.78, 5) is 3.97. The van der Waals surface area contributed by atoms with Gasteiger partial charge in [0, 0.05) is 6.07 Å². The van der Waals surface area contributed by atoms with Crippen molar-refractivity contribution in [3.05, 3.63) is 42.2 Å². The third kappa shape index (κ3) is 3.86. The van der Waals surface area contributed by atoms with Gasteiger partial charge in [-0.2, -0.15) is 5.26 Å². The van der Waals surface area contributed by atoms with Gasteiger partial charge in [0.25, 0.3) is 0 Å². The van der Waals surface area contributed by atoms with E-state index in [-0.39, 0.29) is 11.8 Å². The summed E-state index contributed by atoms with van der Waals surface area (Å²) in [6.07, 6.45) is 1.59. The van der Waals surface area contributed by atoms with Gasteiger partial charge in [-0.1, -0.05) is 0 Å². The fraction of sp³-hybridized carbons (Fsp3) is 0.250. The highest BCUT2D eigenvalue weighted by Crippen LogP contribution is 2.31. The molecule has 0 fully saturated rings. The average Bonchev–Trinajstić information content (AvgIpc) is 2.49. The molecule has 0 spiro atoms. The maximum atomic E-state index is 8.82. The maximum Gasteiger partial charge on any atom is 0.187 e. The van der Waals surface area contributed by atoms with Gasteiger partial charge in [0.15, 0.2) is 11.5 Å².